The van der Waals surface area contributed by atoms with Crippen LogP contribution in [0.15, 0.2) is 108 Å². The number of nitrogens with one attached hydrogen (secondary N) is 1. The van der Waals surface area contributed by atoms with E-state index in [-0.39, 0.29) is 10.6 Å². The Morgan fingerprint density at radius 3 is 2.26 bits per heavy atom. The predicted molar refractivity (Wildman–Crippen MR) is 146 cm³/mol. The summed E-state index contributed by atoms with van der Waals surface area (Å²) in [6.07, 6.45) is 5.89. The summed E-state index contributed by atoms with van der Waals surface area (Å²) in [5.74, 6) is -1.08. The molecule has 0 aliphatic heterocycles. The molecule has 3 aromatic carbocycles. The van der Waals surface area contributed by atoms with Crippen molar-refractivity contribution in [1.82, 2.24) is 14.5 Å². The first kappa shape index (κ1) is 26.8. The molecule has 11 heteroatoms. The molecule has 1 heterocycles. The van der Waals surface area contributed by atoms with Gasteiger partial charge in [0, 0.05) is 25.5 Å². The maximum Gasteiger partial charge on any atom is 0.264 e. The van der Waals surface area contributed by atoms with Gasteiger partial charge in [-0.3, -0.25) is 13.8 Å². The van der Waals surface area contributed by atoms with Gasteiger partial charge in [0.25, 0.3) is 15.9 Å². The quantitative estimate of drug-likeness (QED) is 0.302. The second-order valence-corrected chi connectivity index (χ2v) is 12.1. The molecule has 0 spiro atoms. The van der Waals surface area contributed by atoms with E-state index >= 15 is 0 Å². The van der Waals surface area contributed by atoms with Crippen LogP contribution in [-0.4, -0.2) is 39.6 Å². The summed E-state index contributed by atoms with van der Waals surface area (Å²) >= 11 is 0. The lowest BCUT2D eigenvalue weighted by Gasteiger charge is -2.22. The highest BCUT2D eigenvalue weighted by molar-refractivity contribution is 7.92. The third-order valence-electron chi connectivity index (χ3n) is 5.65. The van der Waals surface area contributed by atoms with E-state index in [2.05, 4.69) is 5.10 Å². The van der Waals surface area contributed by atoms with Gasteiger partial charge < -0.3 is 0 Å². The molecule has 1 N–H and O–H groups in total. The SMILES string of the molecule is CN(c1cc(Cn2cccn2)ccc1/C=C/C(=O)NS(=O)(=O)c1ccccc1)S(=O)(=O)Cc1ccccc1. The maximum atomic E-state index is 13.3. The van der Waals surface area contributed by atoms with Gasteiger partial charge in [0.15, 0.2) is 0 Å². The summed E-state index contributed by atoms with van der Waals surface area (Å²) in [6, 6.07) is 23.3. The van der Waals surface area contributed by atoms with Gasteiger partial charge in [-0.1, -0.05) is 60.7 Å². The molecule has 0 aliphatic carbocycles. The number of aromatic nitrogens is 2. The fourth-order valence-electron chi connectivity index (χ4n) is 3.70. The fourth-order valence-corrected chi connectivity index (χ4v) is 5.94. The van der Waals surface area contributed by atoms with E-state index in [1.165, 1.54) is 29.6 Å². The number of hydrogen-bond donors (Lipinski definition) is 1. The van der Waals surface area contributed by atoms with Gasteiger partial charge >= 0.3 is 0 Å². The largest absolute Gasteiger partial charge is 0.272 e. The van der Waals surface area contributed by atoms with Crippen LogP contribution in [0.4, 0.5) is 5.69 Å². The summed E-state index contributed by atoms with van der Waals surface area (Å²) in [6.45, 7) is 0.409. The van der Waals surface area contributed by atoms with Crippen molar-refractivity contribution in [2.45, 2.75) is 17.2 Å². The molecule has 0 aliphatic rings. The zero-order chi connectivity index (χ0) is 27.2. The first-order valence-electron chi connectivity index (χ1n) is 11.5. The van der Waals surface area contributed by atoms with Crippen molar-refractivity contribution in [1.29, 1.82) is 0 Å². The molecule has 1 amide bonds. The Morgan fingerprint density at radius 1 is 0.921 bits per heavy atom. The highest BCUT2D eigenvalue weighted by Gasteiger charge is 2.22. The molecule has 196 valence electrons. The van der Waals surface area contributed by atoms with Crippen molar-refractivity contribution in [2.75, 3.05) is 11.4 Å². The molecule has 0 saturated heterocycles. The van der Waals surface area contributed by atoms with Crippen molar-refractivity contribution in [3.63, 3.8) is 0 Å². The maximum absolute atomic E-state index is 13.3. The number of benzene rings is 3. The van der Waals surface area contributed by atoms with Crippen LogP contribution in [0.25, 0.3) is 6.08 Å². The van der Waals surface area contributed by atoms with Crippen molar-refractivity contribution in [3.8, 4) is 0 Å². The first-order valence-corrected chi connectivity index (χ1v) is 14.6. The average Bonchev–Trinajstić information content (AvgIpc) is 3.41. The normalized spacial score (nSPS) is 11.9. The minimum Gasteiger partial charge on any atom is -0.272 e. The summed E-state index contributed by atoms with van der Waals surface area (Å²) in [4.78, 5) is 12.4. The molecule has 1 aromatic heterocycles. The molecular weight excluding hydrogens is 524 g/mol. The van der Waals surface area contributed by atoms with E-state index in [1.807, 2.05) is 10.8 Å². The number of nitrogens with zero attached hydrogens (tertiary/aromatic N) is 3. The van der Waals surface area contributed by atoms with Crippen LogP contribution in [-0.2, 0) is 37.1 Å². The molecule has 9 nitrogen and oxygen atoms in total. The fraction of sp³-hybridized carbons (Fsp3) is 0.111. The van der Waals surface area contributed by atoms with Crippen LogP contribution in [0.3, 0.4) is 0 Å². The molecule has 0 bridgehead atoms. The van der Waals surface area contributed by atoms with Crippen LogP contribution in [0.2, 0.25) is 0 Å². The van der Waals surface area contributed by atoms with Gasteiger partial charge in [0.05, 0.1) is 22.9 Å². The lowest BCUT2D eigenvalue weighted by molar-refractivity contribution is -0.114. The van der Waals surface area contributed by atoms with E-state index in [4.69, 9.17) is 0 Å². The monoisotopic (exact) mass is 550 g/mol. The van der Waals surface area contributed by atoms with E-state index in [1.54, 1.807) is 83.8 Å². The summed E-state index contributed by atoms with van der Waals surface area (Å²) in [7, 11) is -6.39. The van der Waals surface area contributed by atoms with E-state index in [0.717, 1.165) is 11.6 Å². The lowest BCUT2D eigenvalue weighted by Crippen LogP contribution is -2.29. The smallest absolute Gasteiger partial charge is 0.264 e. The Hall–Kier alpha value is -4.22. The molecule has 38 heavy (non-hydrogen) atoms. The predicted octanol–water partition coefficient (Wildman–Crippen LogP) is 3.42. The average molecular weight is 551 g/mol. The van der Waals surface area contributed by atoms with Crippen LogP contribution in [0, 0.1) is 0 Å². The second-order valence-electron chi connectivity index (χ2n) is 8.42. The number of sulfonamides is 2. The third-order valence-corrected chi connectivity index (χ3v) is 8.74. The Morgan fingerprint density at radius 2 is 1.61 bits per heavy atom. The van der Waals surface area contributed by atoms with E-state index in [0.29, 0.717) is 23.4 Å². The number of rotatable bonds is 10. The molecule has 0 radical (unpaired) electrons. The Labute approximate surface area is 222 Å². The molecule has 0 atom stereocenters. The zero-order valence-electron chi connectivity index (χ0n) is 20.5. The van der Waals surface area contributed by atoms with Crippen molar-refractivity contribution in [3.05, 3.63) is 120 Å². The standard InChI is InChI=1S/C27H26N4O5S2/c1-30(37(33,34)21-22-9-4-2-5-10-22)26-19-23(20-31-18-8-17-28-31)13-14-24(26)15-16-27(32)29-38(35,36)25-11-6-3-7-12-25/h2-19H,20-21H2,1H3,(H,29,32)/b16-15+. The van der Waals surface area contributed by atoms with Gasteiger partial charge in [-0.2, -0.15) is 5.10 Å². The van der Waals surface area contributed by atoms with Crippen LogP contribution < -0.4 is 9.03 Å². The minimum absolute atomic E-state index is 0.0443. The van der Waals surface area contributed by atoms with Gasteiger partial charge in [-0.05, 0) is 47.0 Å². The molecule has 0 fully saturated rings. The topological polar surface area (TPSA) is 118 Å². The number of carbonyl (C=O) groups is 1. The van der Waals surface area contributed by atoms with Crippen molar-refractivity contribution in [2.24, 2.45) is 0 Å². The lowest BCUT2D eigenvalue weighted by atomic mass is 10.1. The highest BCUT2D eigenvalue weighted by Crippen LogP contribution is 2.27. The van der Waals surface area contributed by atoms with Gasteiger partial charge in [0.2, 0.25) is 10.0 Å². The Bertz CT molecular complexity index is 1640. The first-order chi connectivity index (χ1) is 18.1. The summed E-state index contributed by atoms with van der Waals surface area (Å²) in [5, 5.41) is 4.19. The van der Waals surface area contributed by atoms with Crippen LogP contribution in [0.5, 0.6) is 0 Å². The zero-order valence-corrected chi connectivity index (χ0v) is 22.1. The third kappa shape index (κ3) is 6.75. The second kappa shape index (κ2) is 11.4. The number of hydrogen-bond acceptors (Lipinski definition) is 6. The van der Waals surface area contributed by atoms with Crippen molar-refractivity contribution < 1.29 is 21.6 Å². The summed E-state index contributed by atoms with van der Waals surface area (Å²) in [5.41, 5.74) is 2.18. The Kier molecular flexibility index (Phi) is 8.08. The highest BCUT2D eigenvalue weighted by atomic mass is 32.2. The Balaban J connectivity index is 1.63. The number of anilines is 1. The van der Waals surface area contributed by atoms with E-state index < -0.39 is 26.0 Å². The minimum atomic E-state index is -4.05. The van der Waals surface area contributed by atoms with Gasteiger partial charge in [-0.15, -0.1) is 0 Å². The van der Waals surface area contributed by atoms with Crippen LogP contribution >= 0.6 is 0 Å². The molecule has 0 saturated carbocycles. The van der Waals surface area contributed by atoms with Gasteiger partial charge in [-0.25, -0.2) is 21.6 Å². The molecule has 0 unspecified atom stereocenters. The van der Waals surface area contributed by atoms with Gasteiger partial charge in [0.1, 0.15) is 0 Å². The van der Waals surface area contributed by atoms with E-state index in [9.17, 15) is 21.6 Å². The number of carbonyl (C=O) groups excluding carboxylic acids is 1. The summed E-state index contributed by atoms with van der Waals surface area (Å²) < 4.78 is 56.4. The van der Waals surface area contributed by atoms with Crippen molar-refractivity contribution >= 4 is 37.7 Å². The molecule has 4 rings (SSSR count). The van der Waals surface area contributed by atoms with Crippen LogP contribution in [0.1, 0.15) is 16.7 Å². The number of amides is 1. The molecule has 4 aromatic rings. The molecular formula is C27H26N4O5S2.